The van der Waals surface area contributed by atoms with Crippen LogP contribution in [0.3, 0.4) is 0 Å². The zero-order valence-electron chi connectivity index (χ0n) is 12.9. The lowest BCUT2D eigenvalue weighted by Gasteiger charge is -2.30. The highest BCUT2D eigenvalue weighted by molar-refractivity contribution is 6.41. The summed E-state index contributed by atoms with van der Waals surface area (Å²) in [7, 11) is 1.51. The number of nitrogens with one attached hydrogen (secondary N) is 1. The normalized spacial score (nSPS) is 20.9. The molecule has 0 aromatic heterocycles. The third kappa shape index (κ3) is 4.65. The summed E-state index contributed by atoms with van der Waals surface area (Å²) in [6, 6.07) is 3.52. The lowest BCUT2D eigenvalue weighted by molar-refractivity contribution is -0.143. The van der Waals surface area contributed by atoms with Gasteiger partial charge in [-0.05, 0) is 31.0 Å². The van der Waals surface area contributed by atoms with Crippen molar-refractivity contribution in [3.8, 4) is 0 Å². The standard InChI is InChI=1S/C16H20ClFN2O3/c1-20(9-10-4-2-3-5-14(10)21)16(23)15(22)19-13-8-11(18)6-7-12(13)17/h6-8,10,14,21H,2-5,9H2,1H3,(H,19,22). The number of aliphatic hydroxyl groups is 1. The van der Waals surface area contributed by atoms with Crippen LogP contribution in [-0.2, 0) is 9.59 Å². The van der Waals surface area contributed by atoms with Gasteiger partial charge in [0, 0.05) is 19.5 Å². The Morgan fingerprint density at radius 2 is 2.09 bits per heavy atom. The van der Waals surface area contributed by atoms with Gasteiger partial charge < -0.3 is 15.3 Å². The Hall–Kier alpha value is -1.66. The van der Waals surface area contributed by atoms with E-state index in [4.69, 9.17) is 11.6 Å². The van der Waals surface area contributed by atoms with Crippen LogP contribution in [0.2, 0.25) is 5.02 Å². The topological polar surface area (TPSA) is 69.6 Å². The molecule has 0 heterocycles. The van der Waals surface area contributed by atoms with Crippen LogP contribution in [0.15, 0.2) is 18.2 Å². The first kappa shape index (κ1) is 17.7. The van der Waals surface area contributed by atoms with Crippen molar-refractivity contribution < 1.29 is 19.1 Å². The monoisotopic (exact) mass is 342 g/mol. The van der Waals surface area contributed by atoms with E-state index in [1.165, 1.54) is 18.0 Å². The first-order chi connectivity index (χ1) is 10.9. The second-order valence-electron chi connectivity index (χ2n) is 5.88. The van der Waals surface area contributed by atoms with Crippen LogP contribution in [0.1, 0.15) is 25.7 Å². The van der Waals surface area contributed by atoms with E-state index in [-0.39, 0.29) is 16.6 Å². The average Bonchev–Trinajstić information content (AvgIpc) is 2.52. The molecule has 1 aliphatic carbocycles. The second kappa shape index (κ2) is 7.75. The van der Waals surface area contributed by atoms with E-state index in [0.29, 0.717) is 6.54 Å². The van der Waals surface area contributed by atoms with Crippen LogP contribution >= 0.6 is 11.6 Å². The molecule has 2 amide bonds. The summed E-state index contributed by atoms with van der Waals surface area (Å²) >= 11 is 5.86. The number of hydrogen-bond donors (Lipinski definition) is 2. The van der Waals surface area contributed by atoms with Gasteiger partial charge >= 0.3 is 11.8 Å². The Bertz CT molecular complexity index is 597. The summed E-state index contributed by atoms with van der Waals surface area (Å²) in [4.78, 5) is 25.4. The molecule has 5 nitrogen and oxygen atoms in total. The number of aliphatic hydroxyl groups excluding tert-OH is 1. The molecule has 0 bridgehead atoms. The van der Waals surface area contributed by atoms with Crippen LogP contribution in [-0.4, -0.2) is 41.5 Å². The van der Waals surface area contributed by atoms with Gasteiger partial charge in [0.1, 0.15) is 5.82 Å². The molecule has 2 rings (SSSR count). The number of anilines is 1. The van der Waals surface area contributed by atoms with Gasteiger partial charge in [0.2, 0.25) is 0 Å². The molecule has 0 saturated heterocycles. The second-order valence-corrected chi connectivity index (χ2v) is 6.28. The molecule has 23 heavy (non-hydrogen) atoms. The van der Waals surface area contributed by atoms with E-state index in [1.807, 2.05) is 0 Å². The molecular formula is C16H20ClFN2O3. The van der Waals surface area contributed by atoms with E-state index in [0.717, 1.165) is 37.8 Å². The number of carbonyl (C=O) groups excluding carboxylic acids is 2. The number of benzene rings is 1. The predicted molar refractivity (Wildman–Crippen MR) is 85.6 cm³/mol. The molecule has 0 aliphatic heterocycles. The fraction of sp³-hybridized carbons (Fsp3) is 0.500. The molecule has 126 valence electrons. The Morgan fingerprint density at radius 1 is 1.39 bits per heavy atom. The highest BCUT2D eigenvalue weighted by Gasteiger charge is 2.28. The molecule has 1 saturated carbocycles. The maximum absolute atomic E-state index is 13.2. The Morgan fingerprint density at radius 3 is 2.78 bits per heavy atom. The molecule has 7 heteroatoms. The summed E-state index contributed by atoms with van der Waals surface area (Å²) in [5.41, 5.74) is 0.0520. The molecule has 1 fully saturated rings. The van der Waals surface area contributed by atoms with Crippen molar-refractivity contribution in [3.05, 3.63) is 29.0 Å². The fourth-order valence-electron chi connectivity index (χ4n) is 2.78. The third-order valence-electron chi connectivity index (χ3n) is 4.09. The lowest BCUT2D eigenvalue weighted by Crippen LogP contribution is -2.42. The number of nitrogens with zero attached hydrogens (tertiary/aromatic N) is 1. The van der Waals surface area contributed by atoms with E-state index >= 15 is 0 Å². The van der Waals surface area contributed by atoms with Crippen molar-refractivity contribution in [2.75, 3.05) is 18.9 Å². The largest absolute Gasteiger partial charge is 0.393 e. The molecular weight excluding hydrogens is 323 g/mol. The van der Waals surface area contributed by atoms with Gasteiger partial charge in [-0.2, -0.15) is 0 Å². The molecule has 0 spiro atoms. The molecule has 2 atom stereocenters. The van der Waals surface area contributed by atoms with Crippen LogP contribution in [0.5, 0.6) is 0 Å². The number of amides is 2. The first-order valence-electron chi connectivity index (χ1n) is 7.58. The first-order valence-corrected chi connectivity index (χ1v) is 7.96. The molecule has 1 aliphatic rings. The maximum atomic E-state index is 13.2. The van der Waals surface area contributed by atoms with Crippen molar-refractivity contribution in [2.45, 2.75) is 31.8 Å². The minimum atomic E-state index is -0.884. The summed E-state index contributed by atoms with van der Waals surface area (Å²) < 4.78 is 13.2. The van der Waals surface area contributed by atoms with Gasteiger partial charge in [-0.15, -0.1) is 0 Å². The predicted octanol–water partition coefficient (Wildman–Crippen LogP) is 2.43. The molecule has 1 aromatic rings. The SMILES string of the molecule is CN(CC1CCCCC1O)C(=O)C(=O)Nc1cc(F)ccc1Cl. The molecule has 0 radical (unpaired) electrons. The van der Waals surface area contributed by atoms with E-state index in [2.05, 4.69) is 5.32 Å². The molecule has 2 N–H and O–H groups in total. The van der Waals surface area contributed by atoms with Gasteiger partial charge in [-0.1, -0.05) is 24.4 Å². The number of hydrogen-bond acceptors (Lipinski definition) is 3. The summed E-state index contributed by atoms with van der Waals surface area (Å²) in [6.45, 7) is 0.310. The van der Waals surface area contributed by atoms with E-state index in [1.54, 1.807) is 0 Å². The summed E-state index contributed by atoms with van der Waals surface area (Å²) in [6.07, 6.45) is 3.09. The highest BCUT2D eigenvalue weighted by Crippen LogP contribution is 2.25. The molecule has 1 aromatic carbocycles. The Kier molecular flexibility index (Phi) is 5.96. The quantitative estimate of drug-likeness (QED) is 0.829. The van der Waals surface area contributed by atoms with Crippen molar-refractivity contribution in [1.29, 1.82) is 0 Å². The minimum absolute atomic E-state index is 0.0248. The van der Waals surface area contributed by atoms with Gasteiger partial charge in [0.15, 0.2) is 0 Å². The smallest absolute Gasteiger partial charge is 0.313 e. The number of rotatable bonds is 3. The summed E-state index contributed by atoms with van der Waals surface area (Å²) in [5, 5.41) is 12.4. The van der Waals surface area contributed by atoms with Crippen LogP contribution in [0.25, 0.3) is 0 Å². The van der Waals surface area contributed by atoms with E-state index < -0.39 is 23.7 Å². The van der Waals surface area contributed by atoms with Crippen molar-refractivity contribution in [3.63, 3.8) is 0 Å². The zero-order chi connectivity index (χ0) is 17.0. The van der Waals surface area contributed by atoms with Gasteiger partial charge in [0.05, 0.1) is 16.8 Å². The van der Waals surface area contributed by atoms with E-state index in [9.17, 15) is 19.1 Å². The van der Waals surface area contributed by atoms with Crippen LogP contribution in [0, 0.1) is 11.7 Å². The van der Waals surface area contributed by atoms with Crippen molar-refractivity contribution in [2.24, 2.45) is 5.92 Å². The van der Waals surface area contributed by atoms with Crippen LogP contribution < -0.4 is 5.32 Å². The number of carbonyl (C=O) groups is 2. The Labute approximate surface area is 139 Å². The average molecular weight is 343 g/mol. The highest BCUT2D eigenvalue weighted by atomic mass is 35.5. The number of likely N-dealkylation sites (N-methyl/N-ethyl adjacent to an activating group) is 1. The van der Waals surface area contributed by atoms with Crippen molar-refractivity contribution >= 4 is 29.1 Å². The van der Waals surface area contributed by atoms with Gasteiger partial charge in [0.25, 0.3) is 0 Å². The third-order valence-corrected chi connectivity index (χ3v) is 4.42. The molecule has 2 unspecified atom stereocenters. The summed E-state index contributed by atoms with van der Waals surface area (Å²) in [5.74, 6) is -2.22. The lowest BCUT2D eigenvalue weighted by atomic mass is 9.86. The zero-order valence-corrected chi connectivity index (χ0v) is 13.6. The van der Waals surface area contributed by atoms with Crippen molar-refractivity contribution in [1.82, 2.24) is 4.90 Å². The fourth-order valence-corrected chi connectivity index (χ4v) is 2.94. The van der Waals surface area contributed by atoms with Gasteiger partial charge in [-0.3, -0.25) is 9.59 Å². The minimum Gasteiger partial charge on any atom is -0.393 e. The van der Waals surface area contributed by atoms with Gasteiger partial charge in [-0.25, -0.2) is 4.39 Å². The number of halogens is 2. The van der Waals surface area contributed by atoms with Crippen LogP contribution in [0.4, 0.5) is 10.1 Å². The maximum Gasteiger partial charge on any atom is 0.313 e. The Balaban J connectivity index is 1.95.